The molecule has 1 amide bonds. The maximum absolute atomic E-state index is 12.0. The molecule has 1 rings (SSSR count). The van der Waals surface area contributed by atoms with Gasteiger partial charge in [0.05, 0.1) is 6.04 Å². The van der Waals surface area contributed by atoms with Gasteiger partial charge in [-0.05, 0) is 18.4 Å². The van der Waals surface area contributed by atoms with Crippen molar-refractivity contribution >= 4 is 5.91 Å². The van der Waals surface area contributed by atoms with Gasteiger partial charge in [-0.25, -0.2) is 0 Å². The Labute approximate surface area is 104 Å². The summed E-state index contributed by atoms with van der Waals surface area (Å²) in [5.41, 5.74) is 6.82. The number of carbonyl (C=O) groups excluding carboxylic acids is 1. The average Bonchev–Trinajstić information content (AvgIpc) is 2.28. The third-order valence-corrected chi connectivity index (χ3v) is 2.50. The van der Waals surface area contributed by atoms with Crippen LogP contribution in [-0.2, 0) is 11.3 Å². The Hall–Kier alpha value is -1.35. The highest BCUT2D eigenvalue weighted by Crippen LogP contribution is 2.08. The highest BCUT2D eigenvalue weighted by atomic mass is 16.2. The lowest BCUT2D eigenvalue weighted by Gasteiger charge is -2.26. The Morgan fingerprint density at radius 2 is 1.82 bits per heavy atom. The normalized spacial score (nSPS) is 12.5. The first-order chi connectivity index (χ1) is 8.00. The number of benzene rings is 1. The van der Waals surface area contributed by atoms with Crippen molar-refractivity contribution in [2.45, 2.75) is 33.4 Å². The molecule has 0 aromatic heterocycles. The number of nitrogens with two attached hydrogens (primary N) is 1. The molecule has 3 nitrogen and oxygen atoms in total. The molecular weight excluding hydrogens is 212 g/mol. The van der Waals surface area contributed by atoms with Crippen molar-refractivity contribution < 1.29 is 4.79 Å². The standard InChI is InChI=1S/C14H22N2O/c1-11(2)9-16(14(17)12(3)15)10-13-7-5-4-6-8-13/h4-8,11-12H,9-10,15H2,1-3H3/t12-/m1/s1. The lowest BCUT2D eigenvalue weighted by Crippen LogP contribution is -2.43. The van der Waals surface area contributed by atoms with E-state index in [0.29, 0.717) is 12.5 Å². The number of hydrogen-bond donors (Lipinski definition) is 1. The SMILES string of the molecule is CC(C)CN(Cc1ccccc1)C(=O)[C@@H](C)N. The summed E-state index contributed by atoms with van der Waals surface area (Å²) >= 11 is 0. The van der Waals surface area contributed by atoms with E-state index >= 15 is 0 Å². The van der Waals surface area contributed by atoms with Gasteiger partial charge in [-0.2, -0.15) is 0 Å². The van der Waals surface area contributed by atoms with Crippen molar-refractivity contribution in [3.63, 3.8) is 0 Å². The highest BCUT2D eigenvalue weighted by molar-refractivity contribution is 5.81. The summed E-state index contributed by atoms with van der Waals surface area (Å²) in [5, 5.41) is 0. The smallest absolute Gasteiger partial charge is 0.239 e. The zero-order valence-corrected chi connectivity index (χ0v) is 10.9. The van der Waals surface area contributed by atoms with Crippen molar-refractivity contribution in [1.82, 2.24) is 4.90 Å². The highest BCUT2D eigenvalue weighted by Gasteiger charge is 2.18. The Balaban J connectivity index is 2.74. The molecule has 94 valence electrons. The molecule has 0 bridgehead atoms. The monoisotopic (exact) mass is 234 g/mol. The molecule has 0 aliphatic rings. The van der Waals surface area contributed by atoms with Gasteiger partial charge in [-0.3, -0.25) is 4.79 Å². The summed E-state index contributed by atoms with van der Waals surface area (Å²) < 4.78 is 0. The summed E-state index contributed by atoms with van der Waals surface area (Å²) in [6.07, 6.45) is 0. The quantitative estimate of drug-likeness (QED) is 0.847. The average molecular weight is 234 g/mol. The molecule has 0 radical (unpaired) electrons. The molecule has 3 heteroatoms. The van der Waals surface area contributed by atoms with Crippen LogP contribution in [0.15, 0.2) is 30.3 Å². The summed E-state index contributed by atoms with van der Waals surface area (Å²) in [7, 11) is 0. The number of rotatable bonds is 5. The molecule has 1 aromatic carbocycles. The zero-order chi connectivity index (χ0) is 12.8. The largest absolute Gasteiger partial charge is 0.337 e. The zero-order valence-electron chi connectivity index (χ0n) is 10.9. The van der Waals surface area contributed by atoms with E-state index in [1.54, 1.807) is 6.92 Å². The minimum Gasteiger partial charge on any atom is -0.337 e. The van der Waals surface area contributed by atoms with Gasteiger partial charge < -0.3 is 10.6 Å². The summed E-state index contributed by atoms with van der Waals surface area (Å²) in [6.45, 7) is 7.33. The molecule has 0 fully saturated rings. The first kappa shape index (κ1) is 13.7. The number of amides is 1. The fourth-order valence-electron chi connectivity index (χ4n) is 1.77. The van der Waals surface area contributed by atoms with E-state index in [2.05, 4.69) is 13.8 Å². The van der Waals surface area contributed by atoms with E-state index in [-0.39, 0.29) is 5.91 Å². The third-order valence-electron chi connectivity index (χ3n) is 2.50. The molecule has 0 spiro atoms. The van der Waals surface area contributed by atoms with Crippen LogP contribution in [0.4, 0.5) is 0 Å². The van der Waals surface area contributed by atoms with Gasteiger partial charge in [0, 0.05) is 13.1 Å². The van der Waals surface area contributed by atoms with Gasteiger partial charge in [0.15, 0.2) is 0 Å². The van der Waals surface area contributed by atoms with Crippen LogP contribution >= 0.6 is 0 Å². The van der Waals surface area contributed by atoms with Crippen LogP contribution in [0.5, 0.6) is 0 Å². The van der Waals surface area contributed by atoms with Gasteiger partial charge in [-0.1, -0.05) is 44.2 Å². The second kappa shape index (κ2) is 6.40. The van der Waals surface area contributed by atoms with Crippen LogP contribution in [0.1, 0.15) is 26.3 Å². The van der Waals surface area contributed by atoms with Crippen LogP contribution in [0.3, 0.4) is 0 Å². The lowest BCUT2D eigenvalue weighted by molar-refractivity contribution is -0.133. The van der Waals surface area contributed by atoms with Crippen LogP contribution < -0.4 is 5.73 Å². The summed E-state index contributed by atoms with van der Waals surface area (Å²) in [5.74, 6) is 0.462. The number of nitrogens with zero attached hydrogens (tertiary/aromatic N) is 1. The molecule has 0 saturated heterocycles. The maximum atomic E-state index is 12.0. The van der Waals surface area contributed by atoms with E-state index in [9.17, 15) is 4.79 Å². The molecule has 0 heterocycles. The maximum Gasteiger partial charge on any atom is 0.239 e. The second-order valence-electron chi connectivity index (χ2n) is 4.89. The van der Waals surface area contributed by atoms with Crippen molar-refractivity contribution in [3.8, 4) is 0 Å². The van der Waals surface area contributed by atoms with E-state index in [1.807, 2.05) is 35.2 Å². The van der Waals surface area contributed by atoms with Crippen molar-refractivity contribution in [2.24, 2.45) is 11.7 Å². The molecule has 0 saturated carbocycles. The van der Waals surface area contributed by atoms with E-state index in [0.717, 1.165) is 12.1 Å². The summed E-state index contributed by atoms with van der Waals surface area (Å²) in [6, 6.07) is 9.57. The van der Waals surface area contributed by atoms with E-state index in [1.165, 1.54) is 0 Å². The van der Waals surface area contributed by atoms with E-state index < -0.39 is 6.04 Å². The van der Waals surface area contributed by atoms with Crippen LogP contribution in [-0.4, -0.2) is 23.4 Å². The van der Waals surface area contributed by atoms with Gasteiger partial charge in [-0.15, -0.1) is 0 Å². The Kier molecular flexibility index (Phi) is 5.16. The topological polar surface area (TPSA) is 46.3 Å². The second-order valence-corrected chi connectivity index (χ2v) is 4.89. The van der Waals surface area contributed by atoms with Crippen LogP contribution in [0.25, 0.3) is 0 Å². The fraction of sp³-hybridized carbons (Fsp3) is 0.500. The number of hydrogen-bond acceptors (Lipinski definition) is 2. The molecule has 2 N–H and O–H groups in total. The molecule has 1 atom stereocenters. The predicted molar refractivity (Wildman–Crippen MR) is 70.3 cm³/mol. The molecular formula is C14H22N2O. The Morgan fingerprint density at radius 3 is 2.29 bits per heavy atom. The number of carbonyl (C=O) groups is 1. The minimum absolute atomic E-state index is 0.0163. The first-order valence-corrected chi connectivity index (χ1v) is 6.09. The molecule has 1 aromatic rings. The van der Waals surface area contributed by atoms with E-state index in [4.69, 9.17) is 5.73 Å². The van der Waals surface area contributed by atoms with Crippen LogP contribution in [0.2, 0.25) is 0 Å². The third kappa shape index (κ3) is 4.57. The predicted octanol–water partition coefficient (Wildman–Crippen LogP) is 2.02. The molecule has 17 heavy (non-hydrogen) atoms. The molecule has 0 aliphatic carbocycles. The van der Waals surface area contributed by atoms with Crippen molar-refractivity contribution in [3.05, 3.63) is 35.9 Å². The van der Waals surface area contributed by atoms with Crippen molar-refractivity contribution in [2.75, 3.05) is 6.54 Å². The summed E-state index contributed by atoms with van der Waals surface area (Å²) in [4.78, 5) is 13.8. The van der Waals surface area contributed by atoms with Gasteiger partial charge in [0.2, 0.25) is 5.91 Å². The Bertz CT molecular complexity index is 346. The van der Waals surface area contributed by atoms with Gasteiger partial charge in [0.1, 0.15) is 0 Å². The van der Waals surface area contributed by atoms with Gasteiger partial charge >= 0.3 is 0 Å². The minimum atomic E-state index is -0.433. The molecule has 0 aliphatic heterocycles. The fourth-order valence-corrected chi connectivity index (χ4v) is 1.77. The first-order valence-electron chi connectivity index (χ1n) is 6.09. The Morgan fingerprint density at radius 1 is 1.24 bits per heavy atom. The molecule has 0 unspecified atom stereocenters. The van der Waals surface area contributed by atoms with Crippen molar-refractivity contribution in [1.29, 1.82) is 0 Å². The lowest BCUT2D eigenvalue weighted by atomic mass is 10.1. The van der Waals surface area contributed by atoms with Crippen LogP contribution in [0, 0.1) is 5.92 Å². The van der Waals surface area contributed by atoms with Gasteiger partial charge in [0.25, 0.3) is 0 Å².